The van der Waals surface area contributed by atoms with E-state index in [2.05, 4.69) is 20.8 Å². The van der Waals surface area contributed by atoms with Crippen molar-refractivity contribution in [3.8, 4) is 5.75 Å². The van der Waals surface area contributed by atoms with E-state index < -0.39 is 10.8 Å². The Kier molecular flexibility index (Phi) is 7.97. The molecule has 0 radical (unpaired) electrons. The summed E-state index contributed by atoms with van der Waals surface area (Å²) in [4.78, 5) is 35.0. The fourth-order valence-electron chi connectivity index (χ4n) is 2.92. The van der Waals surface area contributed by atoms with Gasteiger partial charge < -0.3 is 19.9 Å². The maximum atomic E-state index is 12.4. The van der Waals surface area contributed by atoms with E-state index in [9.17, 15) is 19.7 Å². The molecule has 172 valence electrons. The van der Waals surface area contributed by atoms with Crippen molar-refractivity contribution in [3.63, 3.8) is 0 Å². The predicted molar refractivity (Wildman–Crippen MR) is 122 cm³/mol. The molecule has 0 aliphatic rings. The number of nitro groups is 1. The van der Waals surface area contributed by atoms with E-state index >= 15 is 0 Å². The molecule has 2 aromatic carbocycles. The predicted octanol–water partition coefficient (Wildman–Crippen LogP) is 2.88. The standard InChI is InChI=1S/C21H22N6O5S/c1-3-26-18(12-22-20(29)14-6-4-8-16(10-14)27(30)31)24-25-21(26)33-13-19(28)23-15-7-5-9-17(11-15)32-2/h4-11H,3,12-13H2,1-2H3,(H,22,29)(H,23,28). The average Bonchev–Trinajstić information content (AvgIpc) is 3.23. The number of carbonyl (C=O) groups is 2. The Balaban J connectivity index is 1.58. The molecule has 0 saturated heterocycles. The van der Waals surface area contributed by atoms with Crippen molar-refractivity contribution in [1.82, 2.24) is 20.1 Å². The average molecular weight is 471 g/mol. The zero-order valence-corrected chi connectivity index (χ0v) is 18.8. The third kappa shape index (κ3) is 6.29. The number of amides is 2. The summed E-state index contributed by atoms with van der Waals surface area (Å²) in [5.41, 5.74) is 0.641. The number of aromatic nitrogens is 3. The van der Waals surface area contributed by atoms with Gasteiger partial charge in [0.2, 0.25) is 5.91 Å². The molecule has 11 nitrogen and oxygen atoms in total. The number of nitrogens with one attached hydrogen (secondary N) is 2. The van der Waals surface area contributed by atoms with Crippen molar-refractivity contribution < 1.29 is 19.2 Å². The lowest BCUT2D eigenvalue weighted by Gasteiger charge is -2.09. The number of nitro benzene ring substituents is 1. The maximum absolute atomic E-state index is 12.4. The van der Waals surface area contributed by atoms with Crippen molar-refractivity contribution in [2.75, 3.05) is 18.2 Å². The summed E-state index contributed by atoms with van der Waals surface area (Å²) in [5.74, 6) is 0.598. The first-order valence-electron chi connectivity index (χ1n) is 9.92. The van der Waals surface area contributed by atoms with Crippen molar-refractivity contribution in [3.05, 3.63) is 70.0 Å². The molecule has 2 amide bonds. The second-order valence-electron chi connectivity index (χ2n) is 6.70. The summed E-state index contributed by atoms with van der Waals surface area (Å²) in [6, 6.07) is 12.5. The van der Waals surface area contributed by atoms with Crippen molar-refractivity contribution >= 4 is 35.0 Å². The van der Waals surface area contributed by atoms with Gasteiger partial charge in [-0.2, -0.15) is 0 Å². The SMILES string of the molecule is CCn1c(CNC(=O)c2cccc([N+](=O)[O-])c2)nnc1SCC(=O)Nc1cccc(OC)c1. The van der Waals surface area contributed by atoms with E-state index in [4.69, 9.17) is 4.74 Å². The number of ether oxygens (including phenoxy) is 1. The van der Waals surface area contributed by atoms with Crippen LogP contribution in [0.5, 0.6) is 5.75 Å². The highest BCUT2D eigenvalue weighted by atomic mass is 32.2. The Bertz CT molecular complexity index is 1170. The van der Waals surface area contributed by atoms with E-state index in [1.165, 1.54) is 36.0 Å². The van der Waals surface area contributed by atoms with Crippen LogP contribution < -0.4 is 15.4 Å². The molecule has 0 atom stereocenters. The topological polar surface area (TPSA) is 141 Å². The Labute approximate surface area is 193 Å². The molecular weight excluding hydrogens is 448 g/mol. The quantitative estimate of drug-likeness (QED) is 0.262. The van der Waals surface area contributed by atoms with Crippen LogP contribution in [0.2, 0.25) is 0 Å². The van der Waals surface area contributed by atoms with Gasteiger partial charge in [0.15, 0.2) is 11.0 Å². The van der Waals surface area contributed by atoms with Gasteiger partial charge in [-0.3, -0.25) is 19.7 Å². The molecule has 0 spiro atoms. The molecule has 0 fully saturated rings. The minimum Gasteiger partial charge on any atom is -0.497 e. The number of hydrogen-bond acceptors (Lipinski definition) is 8. The number of hydrogen-bond donors (Lipinski definition) is 2. The third-order valence-corrected chi connectivity index (χ3v) is 5.49. The van der Waals surface area contributed by atoms with Crippen molar-refractivity contribution in [1.29, 1.82) is 0 Å². The molecule has 2 N–H and O–H groups in total. The first-order valence-corrected chi connectivity index (χ1v) is 10.9. The highest BCUT2D eigenvalue weighted by Gasteiger charge is 2.16. The number of carbonyl (C=O) groups excluding carboxylic acids is 2. The Morgan fingerprint density at radius 3 is 2.70 bits per heavy atom. The van der Waals surface area contributed by atoms with Gasteiger partial charge >= 0.3 is 0 Å². The Morgan fingerprint density at radius 1 is 1.18 bits per heavy atom. The van der Waals surface area contributed by atoms with Crippen LogP contribution in [0.1, 0.15) is 23.1 Å². The molecule has 12 heteroatoms. The van der Waals surface area contributed by atoms with Crippen molar-refractivity contribution in [2.45, 2.75) is 25.2 Å². The van der Waals surface area contributed by atoms with E-state index in [1.54, 1.807) is 35.9 Å². The van der Waals surface area contributed by atoms with Crippen LogP contribution in [0.15, 0.2) is 53.7 Å². The number of thioether (sulfide) groups is 1. The Morgan fingerprint density at radius 2 is 1.97 bits per heavy atom. The normalized spacial score (nSPS) is 10.5. The van der Waals surface area contributed by atoms with Crippen LogP contribution in [0.4, 0.5) is 11.4 Å². The number of benzene rings is 2. The number of methoxy groups -OCH3 is 1. The second kappa shape index (κ2) is 11.1. The zero-order chi connectivity index (χ0) is 23.8. The summed E-state index contributed by atoms with van der Waals surface area (Å²) in [5, 5.41) is 25.2. The summed E-state index contributed by atoms with van der Waals surface area (Å²) < 4.78 is 6.93. The van der Waals surface area contributed by atoms with Gasteiger partial charge in [0.1, 0.15) is 5.75 Å². The van der Waals surface area contributed by atoms with Gasteiger partial charge in [0.05, 0.1) is 24.3 Å². The van der Waals surface area contributed by atoms with Gasteiger partial charge in [-0.15, -0.1) is 10.2 Å². The minimum absolute atomic E-state index is 0.0823. The van der Waals surface area contributed by atoms with Crippen LogP contribution in [0.25, 0.3) is 0 Å². The van der Waals surface area contributed by atoms with Crippen LogP contribution in [-0.2, 0) is 17.9 Å². The maximum Gasteiger partial charge on any atom is 0.270 e. The fourth-order valence-corrected chi connectivity index (χ4v) is 3.75. The van der Waals surface area contributed by atoms with Gasteiger partial charge in [0, 0.05) is 36.0 Å². The first kappa shape index (κ1) is 23.7. The van der Waals surface area contributed by atoms with E-state index in [-0.39, 0.29) is 29.5 Å². The van der Waals surface area contributed by atoms with Crippen LogP contribution >= 0.6 is 11.8 Å². The van der Waals surface area contributed by atoms with E-state index in [0.29, 0.717) is 29.0 Å². The molecule has 0 aliphatic carbocycles. The second-order valence-corrected chi connectivity index (χ2v) is 7.64. The molecule has 1 aromatic heterocycles. The number of nitrogens with zero attached hydrogens (tertiary/aromatic N) is 4. The molecule has 0 bridgehead atoms. The summed E-state index contributed by atoms with van der Waals surface area (Å²) in [6.45, 7) is 2.52. The highest BCUT2D eigenvalue weighted by molar-refractivity contribution is 7.99. The smallest absolute Gasteiger partial charge is 0.270 e. The molecule has 3 aromatic rings. The van der Waals surface area contributed by atoms with E-state index in [1.807, 2.05) is 6.92 Å². The van der Waals surface area contributed by atoms with Gasteiger partial charge in [0.25, 0.3) is 11.6 Å². The van der Waals surface area contributed by atoms with Crippen LogP contribution in [0.3, 0.4) is 0 Å². The Hall–Kier alpha value is -3.93. The summed E-state index contributed by atoms with van der Waals surface area (Å²) in [7, 11) is 1.55. The summed E-state index contributed by atoms with van der Waals surface area (Å²) >= 11 is 1.22. The molecule has 0 saturated carbocycles. The third-order valence-electron chi connectivity index (χ3n) is 4.52. The molecule has 1 heterocycles. The monoisotopic (exact) mass is 470 g/mol. The van der Waals surface area contributed by atoms with Gasteiger partial charge in [-0.1, -0.05) is 23.9 Å². The van der Waals surface area contributed by atoms with Gasteiger partial charge in [-0.25, -0.2) is 0 Å². The van der Waals surface area contributed by atoms with Crippen LogP contribution in [-0.4, -0.2) is 44.4 Å². The molecule has 33 heavy (non-hydrogen) atoms. The molecule has 0 unspecified atom stereocenters. The highest BCUT2D eigenvalue weighted by Crippen LogP contribution is 2.20. The number of non-ortho nitro benzene ring substituents is 1. The molecule has 0 aliphatic heterocycles. The number of rotatable bonds is 10. The minimum atomic E-state index is -0.557. The molecular formula is C21H22N6O5S. The lowest BCUT2D eigenvalue weighted by atomic mass is 10.2. The fraction of sp³-hybridized carbons (Fsp3) is 0.238. The molecule has 3 rings (SSSR count). The largest absolute Gasteiger partial charge is 0.497 e. The lowest BCUT2D eigenvalue weighted by molar-refractivity contribution is -0.384. The van der Waals surface area contributed by atoms with Gasteiger partial charge in [-0.05, 0) is 25.1 Å². The lowest BCUT2D eigenvalue weighted by Crippen LogP contribution is -2.25. The zero-order valence-electron chi connectivity index (χ0n) is 18.0. The van der Waals surface area contributed by atoms with Crippen LogP contribution in [0, 0.1) is 10.1 Å². The van der Waals surface area contributed by atoms with Crippen molar-refractivity contribution in [2.24, 2.45) is 0 Å². The van der Waals surface area contributed by atoms with E-state index in [0.717, 1.165) is 0 Å². The number of anilines is 1. The summed E-state index contributed by atoms with van der Waals surface area (Å²) in [6.07, 6.45) is 0. The first-order chi connectivity index (χ1) is 15.9.